The number of amides is 1. The van der Waals surface area contributed by atoms with Crippen LogP contribution in [0.3, 0.4) is 0 Å². The second kappa shape index (κ2) is 6.02. The molecule has 96 valence electrons. The van der Waals surface area contributed by atoms with Crippen LogP contribution in [0, 0.1) is 22.7 Å². The van der Waals surface area contributed by atoms with E-state index in [1.807, 2.05) is 13.8 Å². The molecule has 4 heteroatoms. The first-order valence-corrected chi connectivity index (χ1v) is 6.37. The summed E-state index contributed by atoms with van der Waals surface area (Å²) >= 11 is 0. The Morgan fingerprint density at radius 3 is 2.76 bits per heavy atom. The van der Waals surface area contributed by atoms with Gasteiger partial charge in [0.2, 0.25) is 5.91 Å². The fraction of sp³-hybridized carbons (Fsp3) is 0.846. The Bertz CT molecular complexity index is 306. The molecule has 0 saturated carbocycles. The van der Waals surface area contributed by atoms with Gasteiger partial charge in [0.15, 0.2) is 0 Å². The van der Waals surface area contributed by atoms with Crippen LogP contribution in [0.25, 0.3) is 0 Å². The maximum Gasteiger partial charge on any atom is 0.221 e. The topological polar surface area (TPSA) is 70.1 Å². The molecular weight excluding hydrogens is 214 g/mol. The smallest absolute Gasteiger partial charge is 0.221 e. The van der Waals surface area contributed by atoms with Gasteiger partial charge in [-0.15, -0.1) is 0 Å². The van der Waals surface area contributed by atoms with Gasteiger partial charge in [-0.2, -0.15) is 5.26 Å². The van der Waals surface area contributed by atoms with Crippen molar-refractivity contribution in [3.05, 3.63) is 0 Å². The number of nitriles is 1. The molecule has 0 bridgehead atoms. The number of hydrogen-bond acceptors (Lipinski definition) is 3. The van der Waals surface area contributed by atoms with Gasteiger partial charge in [0.05, 0.1) is 17.4 Å². The fourth-order valence-electron chi connectivity index (χ4n) is 2.23. The maximum absolute atomic E-state index is 11.0. The molecule has 0 aromatic rings. The van der Waals surface area contributed by atoms with Crippen molar-refractivity contribution in [1.29, 1.82) is 5.26 Å². The van der Waals surface area contributed by atoms with Crippen LogP contribution >= 0.6 is 0 Å². The minimum Gasteiger partial charge on any atom is -0.369 e. The normalized spacial score (nSPS) is 21.4. The van der Waals surface area contributed by atoms with Gasteiger partial charge in [0.1, 0.15) is 0 Å². The van der Waals surface area contributed by atoms with Gasteiger partial charge in [-0.25, -0.2) is 0 Å². The van der Waals surface area contributed by atoms with E-state index < -0.39 is 0 Å². The summed E-state index contributed by atoms with van der Waals surface area (Å²) in [6.45, 7) is 6.77. The first-order chi connectivity index (χ1) is 7.94. The average molecular weight is 237 g/mol. The second-order valence-corrected chi connectivity index (χ2v) is 5.64. The summed E-state index contributed by atoms with van der Waals surface area (Å²) in [7, 11) is 0. The molecule has 2 N–H and O–H groups in total. The Balaban J connectivity index is 2.13. The van der Waals surface area contributed by atoms with Crippen LogP contribution < -0.4 is 5.73 Å². The highest BCUT2D eigenvalue weighted by Crippen LogP contribution is 2.22. The lowest BCUT2D eigenvalue weighted by atomic mass is 9.89. The van der Waals surface area contributed by atoms with Gasteiger partial charge >= 0.3 is 0 Å². The summed E-state index contributed by atoms with van der Waals surface area (Å²) in [6.07, 6.45) is 4.00. The zero-order valence-electron chi connectivity index (χ0n) is 10.9. The fourth-order valence-corrected chi connectivity index (χ4v) is 2.23. The zero-order valence-corrected chi connectivity index (χ0v) is 10.9. The van der Waals surface area contributed by atoms with Crippen molar-refractivity contribution >= 4 is 5.91 Å². The van der Waals surface area contributed by atoms with Crippen molar-refractivity contribution in [1.82, 2.24) is 4.90 Å². The lowest BCUT2D eigenvalue weighted by molar-refractivity contribution is -0.121. The highest BCUT2D eigenvalue weighted by Gasteiger charge is 2.26. The van der Waals surface area contributed by atoms with E-state index in [4.69, 9.17) is 11.0 Å². The number of hydrogen-bond donors (Lipinski definition) is 1. The van der Waals surface area contributed by atoms with E-state index in [0.717, 1.165) is 45.3 Å². The molecule has 1 aliphatic rings. The molecule has 1 heterocycles. The quantitative estimate of drug-likeness (QED) is 0.712. The molecule has 17 heavy (non-hydrogen) atoms. The molecule has 1 saturated heterocycles. The third-order valence-electron chi connectivity index (χ3n) is 3.50. The Kier molecular flexibility index (Phi) is 4.95. The van der Waals surface area contributed by atoms with Gasteiger partial charge in [-0.3, -0.25) is 4.79 Å². The van der Waals surface area contributed by atoms with Gasteiger partial charge in [-0.05, 0) is 46.2 Å². The number of carbonyl (C=O) groups is 1. The van der Waals surface area contributed by atoms with Gasteiger partial charge in [-0.1, -0.05) is 6.42 Å². The van der Waals surface area contributed by atoms with Crippen molar-refractivity contribution in [2.45, 2.75) is 39.5 Å². The summed E-state index contributed by atoms with van der Waals surface area (Å²) in [5.41, 5.74) is 5.08. The molecule has 1 atom stereocenters. The predicted molar refractivity (Wildman–Crippen MR) is 67.0 cm³/mol. The third-order valence-corrected chi connectivity index (χ3v) is 3.50. The van der Waals surface area contributed by atoms with Crippen LogP contribution in [0.15, 0.2) is 0 Å². The Morgan fingerprint density at radius 1 is 1.53 bits per heavy atom. The highest BCUT2D eigenvalue weighted by atomic mass is 16.1. The van der Waals surface area contributed by atoms with Crippen LogP contribution in [0.2, 0.25) is 0 Å². The number of unbranched alkanes of at least 4 members (excludes halogenated alkanes) is 1. The van der Waals surface area contributed by atoms with Crippen molar-refractivity contribution < 1.29 is 4.79 Å². The van der Waals surface area contributed by atoms with Crippen molar-refractivity contribution in [2.75, 3.05) is 19.6 Å². The number of nitrogens with two attached hydrogens (primary N) is 1. The molecular formula is C13H23N3O. The van der Waals surface area contributed by atoms with Gasteiger partial charge in [0.25, 0.3) is 0 Å². The first-order valence-electron chi connectivity index (χ1n) is 6.37. The Hall–Kier alpha value is -1.08. The second-order valence-electron chi connectivity index (χ2n) is 5.64. The van der Waals surface area contributed by atoms with Gasteiger partial charge in [0, 0.05) is 6.54 Å². The van der Waals surface area contributed by atoms with E-state index in [2.05, 4.69) is 11.0 Å². The van der Waals surface area contributed by atoms with Crippen LogP contribution in [0.5, 0.6) is 0 Å². The van der Waals surface area contributed by atoms with Crippen LogP contribution in [0.4, 0.5) is 0 Å². The number of carbonyl (C=O) groups excluding carboxylic acids is 1. The lowest BCUT2D eigenvalue weighted by Crippen LogP contribution is -2.28. The molecule has 1 unspecified atom stereocenters. The molecule has 1 rings (SSSR count). The molecule has 0 radical (unpaired) electrons. The van der Waals surface area contributed by atoms with Crippen molar-refractivity contribution in [2.24, 2.45) is 17.1 Å². The van der Waals surface area contributed by atoms with E-state index in [1.165, 1.54) is 0 Å². The minimum atomic E-state index is -0.208. The number of rotatable bonds is 6. The molecule has 0 aromatic carbocycles. The average Bonchev–Trinajstić information content (AvgIpc) is 2.73. The van der Waals surface area contributed by atoms with Crippen LogP contribution in [0.1, 0.15) is 39.5 Å². The number of likely N-dealkylation sites (tertiary alicyclic amines) is 1. The largest absolute Gasteiger partial charge is 0.369 e. The van der Waals surface area contributed by atoms with E-state index >= 15 is 0 Å². The zero-order chi connectivity index (χ0) is 12.9. The van der Waals surface area contributed by atoms with E-state index in [1.54, 1.807) is 0 Å². The molecule has 1 amide bonds. The Morgan fingerprint density at radius 2 is 2.24 bits per heavy atom. The third kappa shape index (κ3) is 4.74. The first kappa shape index (κ1) is 14.0. The van der Waals surface area contributed by atoms with E-state index in [9.17, 15) is 4.79 Å². The molecule has 1 aliphatic heterocycles. The van der Waals surface area contributed by atoms with Crippen molar-refractivity contribution in [3.8, 4) is 6.07 Å². The summed E-state index contributed by atoms with van der Waals surface area (Å²) in [4.78, 5) is 13.3. The lowest BCUT2D eigenvalue weighted by Gasteiger charge is -2.17. The number of nitrogens with zero attached hydrogens (tertiary/aromatic N) is 2. The highest BCUT2D eigenvalue weighted by molar-refractivity contribution is 5.77. The summed E-state index contributed by atoms with van der Waals surface area (Å²) < 4.78 is 0. The molecule has 0 aliphatic carbocycles. The van der Waals surface area contributed by atoms with Crippen LogP contribution in [-0.2, 0) is 4.79 Å². The van der Waals surface area contributed by atoms with Gasteiger partial charge < -0.3 is 10.6 Å². The number of primary amides is 1. The maximum atomic E-state index is 11.0. The molecule has 0 spiro atoms. The predicted octanol–water partition coefficient (Wildman–Crippen LogP) is 1.51. The SMILES string of the molecule is CC(C)(C#N)CCCCN1CCC(C(N)=O)C1. The Labute approximate surface area is 104 Å². The molecule has 4 nitrogen and oxygen atoms in total. The van der Waals surface area contributed by atoms with E-state index in [-0.39, 0.29) is 17.2 Å². The van der Waals surface area contributed by atoms with E-state index in [0.29, 0.717) is 0 Å². The summed E-state index contributed by atoms with van der Waals surface area (Å²) in [6, 6.07) is 2.32. The summed E-state index contributed by atoms with van der Waals surface area (Å²) in [5.74, 6) is -0.122. The van der Waals surface area contributed by atoms with Crippen molar-refractivity contribution in [3.63, 3.8) is 0 Å². The molecule has 1 fully saturated rings. The standard InChI is InChI=1S/C13H23N3O/c1-13(2,10-14)6-3-4-7-16-8-5-11(9-16)12(15)17/h11H,3-9H2,1-2H3,(H2,15,17). The molecule has 0 aromatic heterocycles. The monoisotopic (exact) mass is 237 g/mol. The summed E-state index contributed by atoms with van der Waals surface area (Å²) in [5, 5.41) is 8.89. The minimum absolute atomic E-state index is 0.0468. The van der Waals surface area contributed by atoms with Crippen LogP contribution in [-0.4, -0.2) is 30.4 Å².